The van der Waals surface area contributed by atoms with Gasteiger partial charge in [-0.05, 0) is 29.3 Å². The van der Waals surface area contributed by atoms with Gasteiger partial charge in [0, 0.05) is 17.8 Å². The summed E-state index contributed by atoms with van der Waals surface area (Å²) in [6, 6.07) is 15.1. The smallest absolute Gasteiger partial charge is 0.238 e. The first-order valence-corrected chi connectivity index (χ1v) is 6.96. The number of anilines is 1. The van der Waals surface area contributed by atoms with Crippen LogP contribution in [-0.4, -0.2) is 18.9 Å². The molecule has 0 spiro atoms. The summed E-state index contributed by atoms with van der Waals surface area (Å²) in [6.07, 6.45) is 0. The van der Waals surface area contributed by atoms with Crippen molar-refractivity contribution in [3.05, 3.63) is 64.7 Å². The Bertz CT molecular complexity index is 713. The van der Waals surface area contributed by atoms with Crippen LogP contribution in [0.25, 0.3) is 0 Å². The molecular weight excluding hydrogens is 286 g/mol. The Labute approximate surface area is 127 Å². The number of halogens is 1. The van der Waals surface area contributed by atoms with Crippen LogP contribution >= 0.6 is 11.6 Å². The van der Waals surface area contributed by atoms with Crippen LogP contribution in [0, 0.1) is 0 Å². The fraction of sp³-hybridized carbons (Fsp3) is 0.125. The van der Waals surface area contributed by atoms with Crippen LogP contribution in [-0.2, 0) is 4.79 Å². The van der Waals surface area contributed by atoms with Gasteiger partial charge in [0.2, 0.25) is 11.9 Å². The number of nitrogens with one attached hydrogen (secondary N) is 2. The van der Waals surface area contributed by atoms with E-state index in [1.807, 2.05) is 42.5 Å². The Hall–Kier alpha value is -2.33. The van der Waals surface area contributed by atoms with E-state index in [1.165, 1.54) is 0 Å². The lowest BCUT2D eigenvalue weighted by Gasteiger charge is -2.16. The van der Waals surface area contributed by atoms with E-state index in [1.54, 1.807) is 13.1 Å². The molecule has 0 saturated heterocycles. The third kappa shape index (κ3) is 2.62. The van der Waals surface area contributed by atoms with E-state index in [0.29, 0.717) is 11.0 Å². The lowest BCUT2D eigenvalue weighted by molar-refractivity contribution is -0.120. The number of benzene rings is 2. The van der Waals surface area contributed by atoms with Crippen molar-refractivity contribution in [2.24, 2.45) is 4.99 Å². The Balaban J connectivity index is 2.19. The number of amides is 1. The molecule has 2 aromatic rings. The molecule has 1 aliphatic rings. The zero-order valence-electron chi connectivity index (χ0n) is 11.4. The molecule has 0 aliphatic carbocycles. The summed E-state index contributed by atoms with van der Waals surface area (Å²) >= 11 is 6.11. The number of hydrogen-bond acceptors (Lipinski definition) is 2. The van der Waals surface area contributed by atoms with Crippen molar-refractivity contribution in [2.45, 2.75) is 5.92 Å². The van der Waals surface area contributed by atoms with Gasteiger partial charge in [-0.25, -0.2) is 0 Å². The summed E-state index contributed by atoms with van der Waals surface area (Å²) in [5, 5.41) is 6.52. The summed E-state index contributed by atoms with van der Waals surface area (Å²) in [5.41, 5.74) is 2.58. The average molecular weight is 300 g/mol. The second-order valence-corrected chi connectivity index (χ2v) is 5.20. The van der Waals surface area contributed by atoms with Crippen LogP contribution < -0.4 is 10.6 Å². The Morgan fingerprint density at radius 2 is 1.86 bits per heavy atom. The molecule has 4 nitrogen and oxygen atoms in total. The van der Waals surface area contributed by atoms with Crippen LogP contribution in [0.2, 0.25) is 5.02 Å². The number of nitrogens with zero attached hydrogens (tertiary/aromatic N) is 1. The Kier molecular flexibility index (Phi) is 3.62. The van der Waals surface area contributed by atoms with Crippen molar-refractivity contribution in [3.63, 3.8) is 0 Å². The normalized spacial score (nSPS) is 19.4. The molecule has 3 rings (SSSR count). The monoisotopic (exact) mass is 299 g/mol. The van der Waals surface area contributed by atoms with Crippen LogP contribution in [0.4, 0.5) is 5.69 Å². The molecule has 1 heterocycles. The van der Waals surface area contributed by atoms with E-state index in [9.17, 15) is 4.79 Å². The summed E-state index contributed by atoms with van der Waals surface area (Å²) in [7, 11) is 1.63. The predicted molar refractivity (Wildman–Crippen MR) is 84.9 cm³/mol. The molecule has 1 aliphatic heterocycles. The molecule has 1 atom stereocenters. The van der Waals surface area contributed by atoms with Gasteiger partial charge in [0.15, 0.2) is 0 Å². The standard InChI is InChI=1S/C16H14ClN3O/c1-18-16-19-13-8-7-11(17)9-12(13)14(15(21)20-16)10-5-3-2-4-6-10/h2-9,14H,1H3,(H2,18,19,20,21). The molecular formula is C16H14ClN3O. The second-order valence-electron chi connectivity index (χ2n) is 4.76. The zero-order valence-corrected chi connectivity index (χ0v) is 12.2. The highest BCUT2D eigenvalue weighted by Crippen LogP contribution is 2.34. The van der Waals surface area contributed by atoms with Gasteiger partial charge < -0.3 is 5.32 Å². The van der Waals surface area contributed by atoms with Crippen LogP contribution in [0.15, 0.2) is 53.5 Å². The maximum absolute atomic E-state index is 12.6. The molecule has 0 fully saturated rings. The highest BCUT2D eigenvalue weighted by Gasteiger charge is 2.29. The molecule has 106 valence electrons. The van der Waals surface area contributed by atoms with Gasteiger partial charge in [0.25, 0.3) is 0 Å². The molecule has 1 amide bonds. The van der Waals surface area contributed by atoms with E-state index < -0.39 is 5.92 Å². The van der Waals surface area contributed by atoms with Crippen molar-refractivity contribution in [1.82, 2.24) is 5.32 Å². The summed E-state index contributed by atoms with van der Waals surface area (Å²) in [5.74, 6) is -0.121. The van der Waals surface area contributed by atoms with Gasteiger partial charge in [-0.1, -0.05) is 41.9 Å². The van der Waals surface area contributed by atoms with Crippen LogP contribution in [0.5, 0.6) is 0 Å². The number of guanidine groups is 1. The fourth-order valence-corrected chi connectivity index (χ4v) is 2.64. The molecule has 0 aromatic heterocycles. The average Bonchev–Trinajstić information content (AvgIpc) is 2.63. The number of aliphatic imine (C=N–C) groups is 1. The minimum absolute atomic E-state index is 0.129. The minimum atomic E-state index is -0.424. The summed E-state index contributed by atoms with van der Waals surface area (Å²) in [4.78, 5) is 16.6. The third-order valence-electron chi connectivity index (χ3n) is 3.44. The van der Waals surface area contributed by atoms with Crippen molar-refractivity contribution in [3.8, 4) is 0 Å². The number of carbonyl (C=O) groups is 1. The topological polar surface area (TPSA) is 53.5 Å². The molecule has 0 saturated carbocycles. The van der Waals surface area contributed by atoms with E-state index in [0.717, 1.165) is 16.8 Å². The molecule has 0 bridgehead atoms. The maximum Gasteiger partial charge on any atom is 0.238 e. The van der Waals surface area contributed by atoms with E-state index in [4.69, 9.17) is 11.6 Å². The van der Waals surface area contributed by atoms with E-state index >= 15 is 0 Å². The van der Waals surface area contributed by atoms with Crippen molar-refractivity contribution >= 4 is 29.2 Å². The highest BCUT2D eigenvalue weighted by atomic mass is 35.5. The molecule has 2 N–H and O–H groups in total. The lowest BCUT2D eigenvalue weighted by atomic mass is 9.89. The van der Waals surface area contributed by atoms with Gasteiger partial charge in [-0.15, -0.1) is 0 Å². The lowest BCUT2D eigenvalue weighted by Crippen LogP contribution is -2.36. The third-order valence-corrected chi connectivity index (χ3v) is 3.67. The number of fused-ring (bicyclic) bond motifs is 1. The number of hydrogen-bond donors (Lipinski definition) is 2. The maximum atomic E-state index is 12.6. The predicted octanol–water partition coefficient (Wildman–Crippen LogP) is 3.00. The summed E-state index contributed by atoms with van der Waals surface area (Å²) < 4.78 is 0. The molecule has 5 heteroatoms. The second kappa shape index (κ2) is 5.58. The fourth-order valence-electron chi connectivity index (χ4n) is 2.46. The Morgan fingerprint density at radius 3 is 2.57 bits per heavy atom. The minimum Gasteiger partial charge on any atom is -0.326 e. The first-order valence-electron chi connectivity index (χ1n) is 6.58. The highest BCUT2D eigenvalue weighted by molar-refractivity contribution is 6.31. The SMILES string of the molecule is CN=C1NC(=O)C(c2ccccc2)c2cc(Cl)ccc2N1. The van der Waals surface area contributed by atoms with Crippen LogP contribution in [0.3, 0.4) is 0 Å². The Morgan fingerprint density at radius 1 is 1.10 bits per heavy atom. The number of rotatable bonds is 1. The quantitative estimate of drug-likeness (QED) is 0.850. The number of carbonyl (C=O) groups excluding carboxylic acids is 1. The van der Waals surface area contributed by atoms with E-state index in [2.05, 4.69) is 15.6 Å². The van der Waals surface area contributed by atoms with Gasteiger partial charge in [0.1, 0.15) is 0 Å². The van der Waals surface area contributed by atoms with Crippen molar-refractivity contribution < 1.29 is 4.79 Å². The first kappa shape index (κ1) is 13.6. The molecule has 2 aromatic carbocycles. The van der Waals surface area contributed by atoms with Gasteiger partial charge >= 0.3 is 0 Å². The van der Waals surface area contributed by atoms with Gasteiger partial charge in [0.05, 0.1) is 5.92 Å². The molecule has 21 heavy (non-hydrogen) atoms. The molecule has 1 unspecified atom stereocenters. The van der Waals surface area contributed by atoms with Crippen LogP contribution in [0.1, 0.15) is 17.0 Å². The van der Waals surface area contributed by atoms with E-state index in [-0.39, 0.29) is 5.91 Å². The summed E-state index contributed by atoms with van der Waals surface area (Å²) in [6.45, 7) is 0. The van der Waals surface area contributed by atoms with Gasteiger partial charge in [-0.2, -0.15) is 0 Å². The van der Waals surface area contributed by atoms with Crippen molar-refractivity contribution in [1.29, 1.82) is 0 Å². The molecule has 0 radical (unpaired) electrons. The van der Waals surface area contributed by atoms with Gasteiger partial charge in [-0.3, -0.25) is 15.1 Å². The largest absolute Gasteiger partial charge is 0.326 e. The first-order chi connectivity index (χ1) is 10.2. The zero-order chi connectivity index (χ0) is 14.8. The van der Waals surface area contributed by atoms with Crippen molar-refractivity contribution in [2.75, 3.05) is 12.4 Å².